The Balaban J connectivity index is 2.15. The molecule has 0 N–H and O–H groups in total. The molecule has 0 aliphatic rings. The molecule has 2 aromatic rings. The first-order valence-corrected chi connectivity index (χ1v) is 6.86. The third-order valence-electron chi connectivity index (χ3n) is 3.00. The van der Waals surface area contributed by atoms with Crippen molar-refractivity contribution in [2.75, 3.05) is 19.1 Å². The van der Waals surface area contributed by atoms with Crippen LogP contribution in [-0.2, 0) is 6.54 Å². The molecule has 100 valence electrons. The lowest BCUT2D eigenvalue weighted by Gasteiger charge is -2.20. The average molecular weight is 321 g/mol. The number of hydrogen-bond donors (Lipinski definition) is 0. The normalized spacial score (nSPS) is 10.3. The predicted molar refractivity (Wildman–Crippen MR) is 81.8 cm³/mol. The number of benzene rings is 1. The maximum atomic E-state index is 5.16. The summed E-state index contributed by atoms with van der Waals surface area (Å²) >= 11 is 3.59. The van der Waals surface area contributed by atoms with Gasteiger partial charge in [-0.25, -0.2) is 4.98 Å². The van der Waals surface area contributed by atoms with Crippen molar-refractivity contribution < 1.29 is 4.74 Å². The highest BCUT2D eigenvalue weighted by Crippen LogP contribution is 2.27. The van der Waals surface area contributed by atoms with Crippen LogP contribution in [0.5, 0.6) is 5.75 Å². The number of ether oxygens (including phenoxy) is 1. The van der Waals surface area contributed by atoms with Crippen LogP contribution < -0.4 is 9.64 Å². The average Bonchev–Trinajstić information content (AvgIpc) is 2.42. The van der Waals surface area contributed by atoms with Gasteiger partial charge in [0.25, 0.3) is 0 Å². The first-order chi connectivity index (χ1) is 9.11. The number of anilines is 1. The van der Waals surface area contributed by atoms with Crippen LogP contribution in [0.25, 0.3) is 0 Å². The van der Waals surface area contributed by atoms with E-state index in [9.17, 15) is 0 Å². The fourth-order valence-electron chi connectivity index (χ4n) is 1.87. The van der Waals surface area contributed by atoms with Crippen LogP contribution in [-0.4, -0.2) is 19.1 Å². The van der Waals surface area contributed by atoms with Crippen molar-refractivity contribution in [3.63, 3.8) is 0 Å². The van der Waals surface area contributed by atoms with Gasteiger partial charge in [-0.15, -0.1) is 0 Å². The molecule has 0 aliphatic heterocycles. The van der Waals surface area contributed by atoms with Gasteiger partial charge in [0, 0.05) is 19.8 Å². The maximum absolute atomic E-state index is 5.16. The molecule has 2 rings (SSSR count). The van der Waals surface area contributed by atoms with E-state index in [0.29, 0.717) is 0 Å². The number of nitrogens with zero attached hydrogens (tertiary/aromatic N) is 2. The van der Waals surface area contributed by atoms with Crippen molar-refractivity contribution in [2.45, 2.75) is 13.5 Å². The molecule has 0 saturated carbocycles. The standard InChI is InChI=1S/C15H17BrN2O/c1-11-8-9-17-15(14(11)16)18(2)10-12-4-6-13(19-3)7-5-12/h4-9H,10H2,1-3H3. The number of halogens is 1. The number of methoxy groups -OCH3 is 1. The van der Waals surface area contributed by atoms with Gasteiger partial charge in [0.1, 0.15) is 11.6 Å². The summed E-state index contributed by atoms with van der Waals surface area (Å²) < 4.78 is 6.21. The Hall–Kier alpha value is -1.55. The Labute approximate surface area is 122 Å². The number of aryl methyl sites for hydroxylation is 1. The van der Waals surface area contributed by atoms with Gasteiger partial charge in [0.05, 0.1) is 11.6 Å². The summed E-state index contributed by atoms with van der Waals surface area (Å²) in [6, 6.07) is 10.1. The van der Waals surface area contributed by atoms with Crippen LogP contribution in [0.1, 0.15) is 11.1 Å². The zero-order chi connectivity index (χ0) is 13.8. The Morgan fingerprint density at radius 1 is 1.21 bits per heavy atom. The summed E-state index contributed by atoms with van der Waals surface area (Å²) in [4.78, 5) is 6.55. The van der Waals surface area contributed by atoms with Crippen molar-refractivity contribution in [1.29, 1.82) is 0 Å². The highest BCUT2D eigenvalue weighted by Gasteiger charge is 2.09. The predicted octanol–water partition coefficient (Wildman–Crippen LogP) is 3.80. The zero-order valence-electron chi connectivity index (χ0n) is 11.4. The zero-order valence-corrected chi connectivity index (χ0v) is 12.9. The molecule has 19 heavy (non-hydrogen) atoms. The molecule has 1 heterocycles. The van der Waals surface area contributed by atoms with Crippen LogP contribution in [0.4, 0.5) is 5.82 Å². The molecule has 0 saturated heterocycles. The molecule has 0 fully saturated rings. The molecule has 0 amide bonds. The van der Waals surface area contributed by atoms with Crippen molar-refractivity contribution in [3.05, 3.63) is 52.1 Å². The molecule has 1 aromatic carbocycles. The molecule has 0 radical (unpaired) electrons. The lowest BCUT2D eigenvalue weighted by Crippen LogP contribution is -2.18. The number of aromatic nitrogens is 1. The topological polar surface area (TPSA) is 25.4 Å². The minimum absolute atomic E-state index is 0.805. The Bertz CT molecular complexity index is 555. The second-order valence-electron chi connectivity index (χ2n) is 4.47. The Morgan fingerprint density at radius 2 is 1.89 bits per heavy atom. The van der Waals surface area contributed by atoms with Gasteiger partial charge < -0.3 is 9.64 Å². The summed E-state index contributed by atoms with van der Waals surface area (Å²) in [6.45, 7) is 2.87. The minimum Gasteiger partial charge on any atom is -0.497 e. The highest BCUT2D eigenvalue weighted by molar-refractivity contribution is 9.10. The van der Waals surface area contributed by atoms with Crippen LogP contribution >= 0.6 is 15.9 Å². The summed E-state index contributed by atoms with van der Waals surface area (Å²) in [5.74, 6) is 1.83. The molecule has 4 heteroatoms. The molecule has 0 spiro atoms. The second kappa shape index (κ2) is 6.06. The van der Waals surface area contributed by atoms with Crippen LogP contribution in [0, 0.1) is 6.92 Å². The van der Waals surface area contributed by atoms with Crippen LogP contribution in [0.15, 0.2) is 41.0 Å². The molecular formula is C15H17BrN2O. The van der Waals surface area contributed by atoms with E-state index in [1.54, 1.807) is 7.11 Å². The Kier molecular flexibility index (Phi) is 4.43. The molecule has 0 atom stereocenters. The van der Waals surface area contributed by atoms with Gasteiger partial charge in [-0.2, -0.15) is 0 Å². The molecule has 3 nitrogen and oxygen atoms in total. The van der Waals surface area contributed by atoms with Gasteiger partial charge in [-0.05, 0) is 52.2 Å². The monoisotopic (exact) mass is 320 g/mol. The van der Waals surface area contributed by atoms with Gasteiger partial charge >= 0.3 is 0 Å². The van der Waals surface area contributed by atoms with E-state index in [4.69, 9.17) is 4.74 Å². The van der Waals surface area contributed by atoms with Gasteiger partial charge in [-0.3, -0.25) is 0 Å². The first-order valence-electron chi connectivity index (χ1n) is 6.07. The summed E-state index contributed by atoms with van der Waals surface area (Å²) in [5.41, 5.74) is 2.41. The Morgan fingerprint density at radius 3 is 2.53 bits per heavy atom. The van der Waals surface area contributed by atoms with Crippen molar-refractivity contribution >= 4 is 21.7 Å². The van der Waals surface area contributed by atoms with E-state index < -0.39 is 0 Å². The largest absolute Gasteiger partial charge is 0.497 e. The number of pyridine rings is 1. The van der Waals surface area contributed by atoms with E-state index in [1.807, 2.05) is 31.4 Å². The highest BCUT2D eigenvalue weighted by atomic mass is 79.9. The smallest absolute Gasteiger partial charge is 0.143 e. The summed E-state index contributed by atoms with van der Waals surface area (Å²) in [7, 11) is 3.71. The van der Waals surface area contributed by atoms with Gasteiger partial charge in [-0.1, -0.05) is 12.1 Å². The van der Waals surface area contributed by atoms with E-state index in [2.05, 4.69) is 44.9 Å². The lowest BCUT2D eigenvalue weighted by molar-refractivity contribution is 0.414. The molecule has 0 aliphatic carbocycles. The van der Waals surface area contributed by atoms with Crippen molar-refractivity contribution in [1.82, 2.24) is 4.98 Å². The third-order valence-corrected chi connectivity index (χ3v) is 3.98. The molecular weight excluding hydrogens is 304 g/mol. The van der Waals surface area contributed by atoms with Gasteiger partial charge in [0.15, 0.2) is 0 Å². The van der Waals surface area contributed by atoms with Crippen LogP contribution in [0.3, 0.4) is 0 Å². The lowest BCUT2D eigenvalue weighted by atomic mass is 10.2. The summed E-state index contributed by atoms with van der Waals surface area (Å²) in [6.07, 6.45) is 1.83. The first kappa shape index (κ1) is 13.9. The van der Waals surface area contributed by atoms with E-state index in [1.165, 1.54) is 11.1 Å². The fourth-order valence-corrected chi connectivity index (χ4v) is 2.41. The fraction of sp³-hybridized carbons (Fsp3) is 0.267. The number of hydrogen-bond acceptors (Lipinski definition) is 3. The van der Waals surface area contributed by atoms with Crippen molar-refractivity contribution in [2.24, 2.45) is 0 Å². The van der Waals surface area contributed by atoms with Gasteiger partial charge in [0.2, 0.25) is 0 Å². The minimum atomic E-state index is 0.805. The molecule has 0 bridgehead atoms. The maximum Gasteiger partial charge on any atom is 0.143 e. The molecule has 0 unspecified atom stereocenters. The molecule has 1 aromatic heterocycles. The second-order valence-corrected chi connectivity index (χ2v) is 5.26. The van der Waals surface area contributed by atoms with E-state index in [-0.39, 0.29) is 0 Å². The summed E-state index contributed by atoms with van der Waals surface area (Å²) in [5, 5.41) is 0. The quantitative estimate of drug-likeness (QED) is 0.856. The van der Waals surface area contributed by atoms with E-state index in [0.717, 1.165) is 22.6 Å². The van der Waals surface area contributed by atoms with E-state index >= 15 is 0 Å². The number of rotatable bonds is 4. The van der Waals surface area contributed by atoms with Crippen LogP contribution in [0.2, 0.25) is 0 Å². The SMILES string of the molecule is COc1ccc(CN(C)c2nccc(C)c2Br)cc1. The third kappa shape index (κ3) is 3.26. The van der Waals surface area contributed by atoms with Crippen molar-refractivity contribution in [3.8, 4) is 5.75 Å².